The zero-order valence-electron chi connectivity index (χ0n) is 15.0. The number of benzene rings is 2. The average Bonchev–Trinajstić information content (AvgIpc) is 2.89. The number of hydrogen-bond acceptors (Lipinski definition) is 1. The fourth-order valence-electron chi connectivity index (χ4n) is 3.07. The first-order valence-corrected chi connectivity index (χ1v) is 8.95. The van der Waals surface area contributed by atoms with Crippen LogP contribution < -0.4 is 10.6 Å². The molecule has 0 aliphatic heterocycles. The molecular weight excluding hydrogens is 371 g/mol. The minimum Gasteiger partial charge on any atom is -0.362 e. The van der Waals surface area contributed by atoms with E-state index in [-0.39, 0.29) is 0 Å². The highest BCUT2D eigenvalue weighted by Crippen LogP contribution is 2.30. The molecule has 0 atom stereocenters. The number of hydrogen-bond donors (Lipinski definition) is 3. The van der Waals surface area contributed by atoms with Crippen molar-refractivity contribution in [2.45, 2.75) is 26.4 Å². The summed E-state index contributed by atoms with van der Waals surface area (Å²) in [5.41, 5.74) is 4.20. The Morgan fingerprint density at radius 1 is 1.11 bits per heavy atom. The highest BCUT2D eigenvalue weighted by Gasteiger charge is 2.30. The molecule has 0 radical (unpaired) electrons. The van der Waals surface area contributed by atoms with Crippen molar-refractivity contribution in [1.29, 1.82) is 0 Å². The highest BCUT2D eigenvalue weighted by molar-refractivity contribution is 7.80. The van der Waals surface area contributed by atoms with Gasteiger partial charge < -0.3 is 15.6 Å². The molecule has 0 saturated heterocycles. The summed E-state index contributed by atoms with van der Waals surface area (Å²) in [4.78, 5) is 3.37. The van der Waals surface area contributed by atoms with Crippen molar-refractivity contribution in [2.24, 2.45) is 0 Å². The van der Waals surface area contributed by atoms with Crippen LogP contribution in [0.25, 0.3) is 10.9 Å². The molecule has 1 aromatic heterocycles. The lowest BCUT2D eigenvalue weighted by Gasteiger charge is -2.13. The second-order valence-corrected chi connectivity index (χ2v) is 6.90. The van der Waals surface area contributed by atoms with Crippen LogP contribution in [0.1, 0.15) is 22.4 Å². The summed E-state index contributed by atoms with van der Waals surface area (Å²) < 4.78 is 38.3. The molecule has 0 unspecified atom stereocenters. The van der Waals surface area contributed by atoms with E-state index in [4.69, 9.17) is 12.2 Å². The fraction of sp³-hybridized carbons (Fsp3) is 0.250. The van der Waals surface area contributed by atoms with E-state index in [0.29, 0.717) is 17.3 Å². The fourth-order valence-corrected chi connectivity index (χ4v) is 3.29. The van der Waals surface area contributed by atoms with Gasteiger partial charge in [0.1, 0.15) is 0 Å². The molecule has 3 nitrogen and oxygen atoms in total. The van der Waals surface area contributed by atoms with Crippen molar-refractivity contribution >= 4 is 33.9 Å². The van der Waals surface area contributed by atoms with Gasteiger partial charge in [0.15, 0.2) is 5.11 Å². The molecule has 1 heterocycles. The van der Waals surface area contributed by atoms with E-state index in [9.17, 15) is 13.2 Å². The Bertz CT molecular complexity index is 976. The van der Waals surface area contributed by atoms with Gasteiger partial charge in [0.05, 0.1) is 5.56 Å². The van der Waals surface area contributed by atoms with Crippen LogP contribution in [-0.4, -0.2) is 16.6 Å². The van der Waals surface area contributed by atoms with Gasteiger partial charge in [-0.1, -0.05) is 17.7 Å². The quantitative estimate of drug-likeness (QED) is 0.526. The number of aromatic amines is 1. The third-order valence-electron chi connectivity index (χ3n) is 4.38. The molecular formula is C20H20F3N3S. The first-order valence-electron chi connectivity index (χ1n) is 8.54. The summed E-state index contributed by atoms with van der Waals surface area (Å²) >= 11 is 5.21. The van der Waals surface area contributed by atoms with Gasteiger partial charge >= 0.3 is 6.18 Å². The first-order chi connectivity index (χ1) is 12.7. The van der Waals surface area contributed by atoms with E-state index in [0.717, 1.165) is 29.8 Å². The maximum Gasteiger partial charge on any atom is 0.416 e. The first kappa shape index (κ1) is 19.2. The summed E-state index contributed by atoms with van der Waals surface area (Å²) in [7, 11) is 0. The van der Waals surface area contributed by atoms with Crippen molar-refractivity contribution in [3.05, 3.63) is 64.8 Å². The van der Waals surface area contributed by atoms with Crippen molar-refractivity contribution < 1.29 is 13.2 Å². The zero-order chi connectivity index (χ0) is 19.6. The van der Waals surface area contributed by atoms with Gasteiger partial charge in [-0.3, -0.25) is 0 Å². The Kier molecular flexibility index (Phi) is 5.41. The van der Waals surface area contributed by atoms with Crippen molar-refractivity contribution in [1.82, 2.24) is 10.3 Å². The number of H-pyrrole nitrogens is 1. The number of anilines is 1. The van der Waals surface area contributed by atoms with E-state index < -0.39 is 11.7 Å². The number of thiocarbonyl (C=S) groups is 1. The minimum atomic E-state index is -4.38. The van der Waals surface area contributed by atoms with E-state index in [1.807, 2.05) is 6.92 Å². The summed E-state index contributed by atoms with van der Waals surface area (Å²) in [6.07, 6.45) is -3.63. The lowest BCUT2D eigenvalue weighted by Crippen LogP contribution is -2.30. The third kappa shape index (κ3) is 4.60. The van der Waals surface area contributed by atoms with E-state index in [1.165, 1.54) is 22.6 Å². The van der Waals surface area contributed by atoms with Crippen LogP contribution >= 0.6 is 12.2 Å². The molecule has 0 fully saturated rings. The van der Waals surface area contributed by atoms with Crippen LogP contribution in [0.4, 0.5) is 18.9 Å². The summed E-state index contributed by atoms with van der Waals surface area (Å²) in [5, 5.41) is 7.35. The molecule has 3 aromatic rings. The van der Waals surface area contributed by atoms with Gasteiger partial charge in [0.2, 0.25) is 0 Å². The lowest BCUT2D eigenvalue weighted by atomic mass is 10.1. The molecule has 0 bridgehead atoms. The number of aromatic nitrogens is 1. The number of rotatable bonds is 4. The Morgan fingerprint density at radius 2 is 1.89 bits per heavy atom. The van der Waals surface area contributed by atoms with Gasteiger partial charge in [-0.2, -0.15) is 13.2 Å². The maximum atomic E-state index is 12.8. The van der Waals surface area contributed by atoms with Crippen molar-refractivity contribution in [2.75, 3.05) is 11.9 Å². The number of halogens is 3. The highest BCUT2D eigenvalue weighted by atomic mass is 32.1. The van der Waals surface area contributed by atoms with Crippen LogP contribution in [0.3, 0.4) is 0 Å². The summed E-state index contributed by atoms with van der Waals surface area (Å²) in [5.74, 6) is 0. The van der Waals surface area contributed by atoms with Crippen LogP contribution in [0.5, 0.6) is 0 Å². The largest absolute Gasteiger partial charge is 0.416 e. The molecule has 7 heteroatoms. The standard InChI is InChI=1S/C20H20F3N3S/c1-12-6-7-18-17(10-12)16(13(2)25-18)8-9-24-19(27)26-15-5-3-4-14(11-15)20(21,22)23/h3-7,10-11,25H,8-9H2,1-2H3,(H2,24,26,27). The second kappa shape index (κ2) is 7.60. The van der Waals surface area contributed by atoms with Gasteiger partial charge in [-0.25, -0.2) is 0 Å². The summed E-state index contributed by atoms with van der Waals surface area (Å²) in [6, 6.07) is 11.3. The van der Waals surface area contributed by atoms with Gasteiger partial charge in [0.25, 0.3) is 0 Å². The monoisotopic (exact) mass is 391 g/mol. The molecule has 0 saturated carbocycles. The van der Waals surface area contributed by atoms with Crippen LogP contribution in [-0.2, 0) is 12.6 Å². The van der Waals surface area contributed by atoms with Crippen molar-refractivity contribution in [3.63, 3.8) is 0 Å². The minimum absolute atomic E-state index is 0.294. The SMILES string of the molecule is Cc1ccc2[nH]c(C)c(CCNC(=S)Nc3cccc(C(F)(F)F)c3)c2c1. The number of aryl methyl sites for hydroxylation is 2. The number of nitrogens with one attached hydrogen (secondary N) is 3. The maximum absolute atomic E-state index is 12.8. The normalized spacial score (nSPS) is 11.6. The molecule has 0 amide bonds. The molecule has 0 aliphatic rings. The molecule has 3 N–H and O–H groups in total. The molecule has 2 aromatic carbocycles. The van der Waals surface area contributed by atoms with Gasteiger partial charge in [0, 0.05) is 28.8 Å². The average molecular weight is 391 g/mol. The Labute approximate surface area is 161 Å². The molecule has 3 rings (SSSR count). The zero-order valence-corrected chi connectivity index (χ0v) is 15.8. The van der Waals surface area contributed by atoms with E-state index in [2.05, 4.69) is 40.7 Å². The van der Waals surface area contributed by atoms with Crippen molar-refractivity contribution in [3.8, 4) is 0 Å². The van der Waals surface area contributed by atoms with Crippen LogP contribution in [0, 0.1) is 13.8 Å². The lowest BCUT2D eigenvalue weighted by molar-refractivity contribution is -0.137. The van der Waals surface area contributed by atoms with E-state index >= 15 is 0 Å². The van der Waals surface area contributed by atoms with Gasteiger partial charge in [-0.05, 0) is 68.4 Å². The van der Waals surface area contributed by atoms with Crippen LogP contribution in [0.2, 0.25) is 0 Å². The summed E-state index contributed by atoms with van der Waals surface area (Å²) in [6.45, 7) is 4.66. The molecule has 27 heavy (non-hydrogen) atoms. The van der Waals surface area contributed by atoms with E-state index in [1.54, 1.807) is 6.07 Å². The third-order valence-corrected chi connectivity index (χ3v) is 4.63. The molecule has 0 aliphatic carbocycles. The topological polar surface area (TPSA) is 39.9 Å². The smallest absolute Gasteiger partial charge is 0.362 e. The Hall–Kier alpha value is -2.54. The predicted molar refractivity (Wildman–Crippen MR) is 107 cm³/mol. The molecule has 0 spiro atoms. The second-order valence-electron chi connectivity index (χ2n) is 6.49. The van der Waals surface area contributed by atoms with Crippen LogP contribution in [0.15, 0.2) is 42.5 Å². The predicted octanol–water partition coefficient (Wildman–Crippen LogP) is 5.33. The number of alkyl halides is 3. The molecule has 142 valence electrons. The number of fused-ring (bicyclic) bond motifs is 1. The Balaban J connectivity index is 1.61. The van der Waals surface area contributed by atoms with Gasteiger partial charge in [-0.15, -0.1) is 0 Å². The Morgan fingerprint density at radius 3 is 2.63 bits per heavy atom.